The number of nitrogens with one attached hydrogen (secondary N) is 1. The van der Waals surface area contributed by atoms with E-state index in [0.717, 1.165) is 0 Å². The van der Waals surface area contributed by atoms with Crippen molar-refractivity contribution in [3.05, 3.63) is 33.2 Å². The van der Waals surface area contributed by atoms with Crippen molar-refractivity contribution >= 4 is 11.9 Å². The summed E-state index contributed by atoms with van der Waals surface area (Å²) in [5, 5.41) is 0. The van der Waals surface area contributed by atoms with Crippen LogP contribution >= 0.6 is 0 Å². The molecule has 0 fully saturated rings. The lowest BCUT2D eigenvalue weighted by Gasteiger charge is -2.06. The molecule has 1 rings (SSSR count). The molecule has 0 amide bonds. The largest absolute Gasteiger partial charge is 0.465 e. The lowest BCUT2D eigenvalue weighted by Crippen LogP contribution is -2.23. The molecule has 0 spiro atoms. The van der Waals surface area contributed by atoms with Crippen LogP contribution < -0.4 is 5.56 Å². The Morgan fingerprint density at radius 2 is 1.94 bits per heavy atom. The van der Waals surface area contributed by atoms with E-state index in [2.05, 4.69) is 9.72 Å². The molecule has 6 nitrogen and oxygen atoms in total. The molecule has 0 unspecified atom stereocenters. The predicted molar refractivity (Wildman–Crippen MR) is 59.1 cm³/mol. The Balaban J connectivity index is 3.29. The number of ether oxygens (including phenoxy) is 2. The molecule has 1 N–H and O–H groups in total. The van der Waals surface area contributed by atoms with Crippen LogP contribution in [0.1, 0.15) is 33.3 Å². The third-order valence-corrected chi connectivity index (χ3v) is 2.14. The molecule has 0 saturated heterocycles. The average Bonchev–Trinajstić information content (AvgIpc) is 2.28. The number of pyridine rings is 1. The van der Waals surface area contributed by atoms with E-state index < -0.39 is 17.5 Å². The van der Waals surface area contributed by atoms with E-state index in [1.807, 2.05) is 0 Å². The summed E-state index contributed by atoms with van der Waals surface area (Å²) >= 11 is 0. The van der Waals surface area contributed by atoms with Gasteiger partial charge in [-0.1, -0.05) is 0 Å². The first-order valence-electron chi connectivity index (χ1n) is 5.00. The van der Waals surface area contributed by atoms with Crippen molar-refractivity contribution in [2.75, 3.05) is 13.7 Å². The SMILES string of the molecule is CCOC(=O)c1cc(C(=O)OC)c(C)[nH]c1=O. The quantitative estimate of drug-likeness (QED) is 0.782. The molecule has 0 radical (unpaired) electrons. The van der Waals surface area contributed by atoms with Crippen molar-refractivity contribution in [2.24, 2.45) is 0 Å². The number of aromatic amines is 1. The van der Waals surface area contributed by atoms with Gasteiger partial charge in [-0.05, 0) is 19.9 Å². The Labute approximate surface area is 97.6 Å². The third kappa shape index (κ3) is 2.72. The topological polar surface area (TPSA) is 85.5 Å². The molecule has 1 aromatic heterocycles. The second-order valence-electron chi connectivity index (χ2n) is 3.26. The number of hydrogen-bond acceptors (Lipinski definition) is 5. The number of aromatic nitrogens is 1. The predicted octanol–water partition coefficient (Wildman–Crippen LogP) is 0.647. The lowest BCUT2D eigenvalue weighted by atomic mass is 10.1. The zero-order valence-corrected chi connectivity index (χ0v) is 9.83. The number of hydrogen-bond donors (Lipinski definition) is 1. The molecule has 0 aromatic carbocycles. The van der Waals surface area contributed by atoms with Crippen molar-refractivity contribution in [1.29, 1.82) is 0 Å². The third-order valence-electron chi connectivity index (χ3n) is 2.14. The van der Waals surface area contributed by atoms with Crippen LogP contribution in [-0.2, 0) is 9.47 Å². The van der Waals surface area contributed by atoms with Gasteiger partial charge >= 0.3 is 11.9 Å². The van der Waals surface area contributed by atoms with Gasteiger partial charge in [-0.25, -0.2) is 9.59 Å². The molecule has 1 aromatic rings. The Morgan fingerprint density at radius 1 is 1.29 bits per heavy atom. The van der Waals surface area contributed by atoms with Crippen molar-refractivity contribution in [3.8, 4) is 0 Å². The van der Waals surface area contributed by atoms with Crippen LogP contribution in [0.5, 0.6) is 0 Å². The minimum Gasteiger partial charge on any atom is -0.465 e. The maximum absolute atomic E-state index is 11.5. The molecule has 0 bridgehead atoms. The van der Waals surface area contributed by atoms with Crippen LogP contribution in [0.3, 0.4) is 0 Å². The Hall–Kier alpha value is -2.11. The van der Waals surface area contributed by atoms with Gasteiger partial charge in [-0.15, -0.1) is 0 Å². The number of rotatable bonds is 3. The molecule has 0 aliphatic carbocycles. The first kappa shape index (κ1) is 13.0. The van der Waals surface area contributed by atoms with E-state index in [1.165, 1.54) is 13.2 Å². The summed E-state index contributed by atoms with van der Waals surface area (Å²) in [5.74, 6) is -1.39. The van der Waals surface area contributed by atoms with Gasteiger partial charge in [0.05, 0.1) is 19.3 Å². The van der Waals surface area contributed by atoms with Crippen LogP contribution in [0.25, 0.3) is 0 Å². The maximum Gasteiger partial charge on any atom is 0.343 e. The number of carbonyl (C=O) groups excluding carboxylic acids is 2. The van der Waals surface area contributed by atoms with Gasteiger partial charge in [0.1, 0.15) is 5.56 Å². The smallest absolute Gasteiger partial charge is 0.343 e. The van der Waals surface area contributed by atoms with E-state index in [0.29, 0.717) is 5.69 Å². The van der Waals surface area contributed by atoms with Crippen LogP contribution in [0.2, 0.25) is 0 Å². The fourth-order valence-corrected chi connectivity index (χ4v) is 1.31. The van der Waals surface area contributed by atoms with Crippen LogP contribution in [0.4, 0.5) is 0 Å². The van der Waals surface area contributed by atoms with E-state index >= 15 is 0 Å². The van der Waals surface area contributed by atoms with E-state index in [1.54, 1.807) is 13.8 Å². The fourth-order valence-electron chi connectivity index (χ4n) is 1.31. The molecule has 6 heteroatoms. The average molecular weight is 239 g/mol. The Morgan fingerprint density at radius 3 is 2.47 bits per heavy atom. The second-order valence-corrected chi connectivity index (χ2v) is 3.26. The minimum absolute atomic E-state index is 0.134. The number of methoxy groups -OCH3 is 1. The second kappa shape index (κ2) is 5.29. The Kier molecular flexibility index (Phi) is 4.03. The van der Waals surface area contributed by atoms with E-state index in [-0.39, 0.29) is 17.7 Å². The van der Waals surface area contributed by atoms with Crippen molar-refractivity contribution < 1.29 is 19.1 Å². The molecule has 0 atom stereocenters. The molecular weight excluding hydrogens is 226 g/mol. The normalized spacial score (nSPS) is 9.82. The summed E-state index contributed by atoms with van der Waals surface area (Å²) in [6, 6.07) is 1.18. The summed E-state index contributed by atoms with van der Waals surface area (Å²) < 4.78 is 9.24. The van der Waals surface area contributed by atoms with Crippen LogP contribution in [0.15, 0.2) is 10.9 Å². The summed E-state index contributed by atoms with van der Waals surface area (Å²) in [5.41, 5.74) is -0.323. The van der Waals surface area contributed by atoms with Gasteiger partial charge < -0.3 is 14.5 Å². The number of carbonyl (C=O) groups is 2. The number of aryl methyl sites for hydroxylation is 1. The first-order valence-corrected chi connectivity index (χ1v) is 5.00. The molecule has 0 saturated carbocycles. The molecule has 17 heavy (non-hydrogen) atoms. The van der Waals surface area contributed by atoms with Crippen molar-refractivity contribution in [3.63, 3.8) is 0 Å². The number of H-pyrrole nitrogens is 1. The Bertz CT molecular complexity index is 503. The highest BCUT2D eigenvalue weighted by atomic mass is 16.5. The van der Waals surface area contributed by atoms with Gasteiger partial charge in [0.15, 0.2) is 0 Å². The fraction of sp³-hybridized carbons (Fsp3) is 0.364. The van der Waals surface area contributed by atoms with Gasteiger partial charge in [-0.3, -0.25) is 4.79 Å². The van der Waals surface area contributed by atoms with Gasteiger partial charge in [0.2, 0.25) is 0 Å². The minimum atomic E-state index is -0.765. The summed E-state index contributed by atoms with van der Waals surface area (Å²) in [7, 11) is 1.22. The zero-order valence-electron chi connectivity index (χ0n) is 9.83. The van der Waals surface area contributed by atoms with Crippen LogP contribution in [-0.4, -0.2) is 30.6 Å². The van der Waals surface area contributed by atoms with E-state index in [4.69, 9.17) is 4.74 Å². The monoisotopic (exact) mass is 239 g/mol. The lowest BCUT2D eigenvalue weighted by molar-refractivity contribution is 0.0524. The standard InChI is InChI=1S/C11H13NO5/c1-4-17-11(15)8-5-7(10(14)16-3)6(2)12-9(8)13/h5H,4H2,1-3H3,(H,12,13). The molecule has 1 heterocycles. The van der Waals surface area contributed by atoms with Crippen LogP contribution in [0, 0.1) is 6.92 Å². The highest BCUT2D eigenvalue weighted by molar-refractivity contribution is 5.95. The van der Waals surface area contributed by atoms with Crippen molar-refractivity contribution in [1.82, 2.24) is 4.98 Å². The maximum atomic E-state index is 11.5. The van der Waals surface area contributed by atoms with Crippen molar-refractivity contribution in [2.45, 2.75) is 13.8 Å². The summed E-state index contributed by atoms with van der Waals surface area (Å²) in [4.78, 5) is 36.7. The van der Waals surface area contributed by atoms with Gasteiger partial charge in [-0.2, -0.15) is 0 Å². The first-order chi connectivity index (χ1) is 8.01. The summed E-state index contributed by atoms with van der Waals surface area (Å²) in [6.07, 6.45) is 0. The zero-order chi connectivity index (χ0) is 13.0. The van der Waals surface area contributed by atoms with Gasteiger partial charge in [0, 0.05) is 5.69 Å². The van der Waals surface area contributed by atoms with E-state index in [9.17, 15) is 14.4 Å². The molecule has 0 aliphatic rings. The molecule has 92 valence electrons. The molecular formula is C11H13NO5. The number of esters is 2. The highest BCUT2D eigenvalue weighted by Crippen LogP contribution is 2.07. The molecule has 0 aliphatic heterocycles. The highest BCUT2D eigenvalue weighted by Gasteiger charge is 2.18. The van der Waals surface area contributed by atoms with Gasteiger partial charge in [0.25, 0.3) is 5.56 Å². The summed E-state index contributed by atoms with van der Waals surface area (Å²) in [6.45, 7) is 3.32.